The highest BCUT2D eigenvalue weighted by atomic mass is 32.2. The van der Waals surface area contributed by atoms with Crippen LogP contribution in [0.1, 0.15) is 48.4 Å². The Kier molecular flexibility index (Phi) is 5.33. The SMILES string of the molecule is C[C@H](NC(=O)c1ccc(S(=O)(=O)N2CCCCC2)cc1)c1nnc2ccccn12. The zero-order chi connectivity index (χ0) is 20.4. The van der Waals surface area contributed by atoms with Crippen LogP contribution in [-0.2, 0) is 10.0 Å². The first kappa shape index (κ1) is 19.5. The van der Waals surface area contributed by atoms with Gasteiger partial charge < -0.3 is 5.32 Å². The number of amides is 1. The number of rotatable bonds is 5. The number of hydrogen-bond donors (Lipinski definition) is 1. The predicted octanol–water partition coefficient (Wildman–Crippen LogP) is 2.39. The van der Waals surface area contributed by atoms with E-state index in [1.54, 1.807) is 12.1 Å². The van der Waals surface area contributed by atoms with Gasteiger partial charge >= 0.3 is 0 Å². The van der Waals surface area contributed by atoms with Gasteiger partial charge in [-0.15, -0.1) is 10.2 Å². The second kappa shape index (κ2) is 7.92. The van der Waals surface area contributed by atoms with Crippen molar-refractivity contribution in [1.29, 1.82) is 0 Å². The highest BCUT2D eigenvalue weighted by molar-refractivity contribution is 7.89. The van der Waals surface area contributed by atoms with Gasteiger partial charge in [0.15, 0.2) is 11.5 Å². The lowest BCUT2D eigenvalue weighted by molar-refractivity contribution is 0.0938. The summed E-state index contributed by atoms with van der Waals surface area (Å²) in [5.74, 6) is 0.324. The van der Waals surface area contributed by atoms with Gasteiger partial charge in [0, 0.05) is 24.8 Å². The topological polar surface area (TPSA) is 96.7 Å². The lowest BCUT2D eigenvalue weighted by Gasteiger charge is -2.25. The molecule has 0 bridgehead atoms. The van der Waals surface area contributed by atoms with Crippen molar-refractivity contribution in [2.45, 2.75) is 37.1 Å². The van der Waals surface area contributed by atoms with E-state index < -0.39 is 10.0 Å². The lowest BCUT2D eigenvalue weighted by Crippen LogP contribution is -2.35. The molecule has 9 heteroatoms. The summed E-state index contributed by atoms with van der Waals surface area (Å²) in [6.45, 7) is 2.93. The van der Waals surface area contributed by atoms with Crippen molar-refractivity contribution in [3.63, 3.8) is 0 Å². The fourth-order valence-electron chi connectivity index (χ4n) is 3.53. The van der Waals surface area contributed by atoms with Crippen LogP contribution in [0, 0.1) is 0 Å². The Bertz CT molecular complexity index is 1120. The molecule has 152 valence electrons. The second-order valence-electron chi connectivity index (χ2n) is 7.17. The van der Waals surface area contributed by atoms with E-state index in [2.05, 4.69) is 15.5 Å². The minimum absolute atomic E-state index is 0.215. The molecule has 0 unspecified atom stereocenters. The summed E-state index contributed by atoms with van der Waals surface area (Å²) in [7, 11) is -3.51. The minimum Gasteiger partial charge on any atom is -0.342 e. The van der Waals surface area contributed by atoms with Crippen LogP contribution in [0.15, 0.2) is 53.6 Å². The Balaban J connectivity index is 1.48. The number of hydrogen-bond acceptors (Lipinski definition) is 5. The van der Waals surface area contributed by atoms with E-state index in [1.165, 1.54) is 16.4 Å². The molecule has 1 amide bonds. The molecular weight excluding hydrogens is 390 g/mol. The van der Waals surface area contributed by atoms with Gasteiger partial charge in [-0.1, -0.05) is 12.5 Å². The quantitative estimate of drug-likeness (QED) is 0.693. The monoisotopic (exact) mass is 413 g/mol. The van der Waals surface area contributed by atoms with E-state index in [0.717, 1.165) is 19.3 Å². The van der Waals surface area contributed by atoms with E-state index >= 15 is 0 Å². The maximum absolute atomic E-state index is 12.7. The molecule has 1 atom stereocenters. The molecular formula is C20H23N5O3S. The Labute approximate surface area is 169 Å². The Hall–Kier alpha value is -2.78. The summed E-state index contributed by atoms with van der Waals surface area (Å²) in [4.78, 5) is 12.8. The van der Waals surface area contributed by atoms with Crippen molar-refractivity contribution in [3.8, 4) is 0 Å². The molecule has 0 aliphatic carbocycles. The molecule has 3 aromatic rings. The number of benzene rings is 1. The van der Waals surface area contributed by atoms with Gasteiger partial charge in [0.25, 0.3) is 5.91 Å². The average Bonchev–Trinajstić information content (AvgIpc) is 3.19. The molecule has 1 fully saturated rings. The first-order valence-electron chi connectivity index (χ1n) is 9.67. The van der Waals surface area contributed by atoms with Crippen molar-refractivity contribution in [1.82, 2.24) is 24.2 Å². The molecule has 1 N–H and O–H groups in total. The Morgan fingerprint density at radius 1 is 1.03 bits per heavy atom. The van der Waals surface area contributed by atoms with Gasteiger partial charge in [0.05, 0.1) is 10.9 Å². The van der Waals surface area contributed by atoms with E-state index in [-0.39, 0.29) is 16.8 Å². The third-order valence-corrected chi connectivity index (χ3v) is 7.06. The summed E-state index contributed by atoms with van der Waals surface area (Å²) in [5.41, 5.74) is 1.10. The normalized spacial score (nSPS) is 16.6. The maximum atomic E-state index is 12.7. The number of nitrogens with zero attached hydrogens (tertiary/aromatic N) is 4. The zero-order valence-electron chi connectivity index (χ0n) is 16.2. The number of nitrogens with one attached hydrogen (secondary N) is 1. The lowest BCUT2D eigenvalue weighted by atomic mass is 10.2. The predicted molar refractivity (Wildman–Crippen MR) is 108 cm³/mol. The number of piperidine rings is 1. The second-order valence-corrected chi connectivity index (χ2v) is 9.11. The van der Waals surface area contributed by atoms with Crippen LogP contribution in [0.3, 0.4) is 0 Å². The smallest absolute Gasteiger partial charge is 0.251 e. The van der Waals surface area contributed by atoms with Crippen molar-refractivity contribution in [2.75, 3.05) is 13.1 Å². The van der Waals surface area contributed by atoms with E-state index in [0.29, 0.717) is 30.1 Å². The first-order valence-corrected chi connectivity index (χ1v) is 11.1. The van der Waals surface area contributed by atoms with Crippen LogP contribution in [0.5, 0.6) is 0 Å². The van der Waals surface area contributed by atoms with Gasteiger partial charge in [-0.25, -0.2) is 8.42 Å². The molecule has 0 spiro atoms. The van der Waals surface area contributed by atoms with Crippen LogP contribution in [0.25, 0.3) is 5.65 Å². The van der Waals surface area contributed by atoms with Crippen molar-refractivity contribution < 1.29 is 13.2 Å². The third kappa shape index (κ3) is 3.88. The molecule has 29 heavy (non-hydrogen) atoms. The minimum atomic E-state index is -3.51. The van der Waals surface area contributed by atoms with Crippen molar-refractivity contribution in [2.24, 2.45) is 0 Å². The average molecular weight is 414 g/mol. The molecule has 8 nitrogen and oxygen atoms in total. The molecule has 2 aromatic heterocycles. The molecule has 4 rings (SSSR count). The van der Waals surface area contributed by atoms with Gasteiger partial charge in [0.1, 0.15) is 0 Å². The maximum Gasteiger partial charge on any atom is 0.251 e. The summed E-state index contributed by atoms with van der Waals surface area (Å²) in [6.07, 6.45) is 4.67. The number of carbonyl (C=O) groups is 1. The number of fused-ring (bicyclic) bond motifs is 1. The zero-order valence-corrected chi connectivity index (χ0v) is 17.0. The summed E-state index contributed by atoms with van der Waals surface area (Å²) >= 11 is 0. The van der Waals surface area contributed by atoms with Crippen molar-refractivity contribution >= 4 is 21.6 Å². The third-order valence-electron chi connectivity index (χ3n) is 5.14. The standard InChI is InChI=1S/C20H23N5O3S/c1-15(19-23-22-18-7-3-6-14-25(18)19)21-20(26)16-8-10-17(11-9-16)29(27,28)24-12-4-2-5-13-24/h3,6-11,14-15H,2,4-5,12-13H2,1H3,(H,21,26)/t15-/m0/s1. The fourth-order valence-corrected chi connectivity index (χ4v) is 5.05. The first-order chi connectivity index (χ1) is 14.0. The van der Waals surface area contributed by atoms with Gasteiger partial charge in [-0.05, 0) is 56.2 Å². The van der Waals surface area contributed by atoms with Gasteiger partial charge in [0.2, 0.25) is 10.0 Å². The van der Waals surface area contributed by atoms with Gasteiger partial charge in [-0.2, -0.15) is 4.31 Å². The van der Waals surface area contributed by atoms with Crippen LogP contribution < -0.4 is 5.32 Å². The molecule has 0 saturated carbocycles. The van der Waals surface area contributed by atoms with Crippen LogP contribution >= 0.6 is 0 Å². The molecule has 1 saturated heterocycles. The number of aromatic nitrogens is 3. The van der Waals surface area contributed by atoms with Crippen LogP contribution in [0.4, 0.5) is 0 Å². The highest BCUT2D eigenvalue weighted by Crippen LogP contribution is 2.21. The number of sulfonamides is 1. The van der Waals surface area contributed by atoms with E-state index in [4.69, 9.17) is 0 Å². The largest absolute Gasteiger partial charge is 0.342 e. The molecule has 1 aliphatic heterocycles. The highest BCUT2D eigenvalue weighted by Gasteiger charge is 2.26. The Morgan fingerprint density at radius 2 is 1.76 bits per heavy atom. The molecule has 3 heterocycles. The molecule has 1 aliphatic rings. The van der Waals surface area contributed by atoms with E-state index in [1.807, 2.05) is 35.7 Å². The van der Waals surface area contributed by atoms with Crippen LogP contribution in [0.2, 0.25) is 0 Å². The summed E-state index contributed by atoms with van der Waals surface area (Å²) in [6, 6.07) is 11.3. The molecule has 1 aromatic carbocycles. The Morgan fingerprint density at radius 3 is 2.48 bits per heavy atom. The summed E-state index contributed by atoms with van der Waals surface area (Å²) < 4.78 is 28.8. The van der Waals surface area contributed by atoms with Gasteiger partial charge in [-0.3, -0.25) is 9.20 Å². The van der Waals surface area contributed by atoms with Crippen LogP contribution in [-0.4, -0.2) is 46.3 Å². The fraction of sp³-hybridized carbons (Fsp3) is 0.350. The van der Waals surface area contributed by atoms with Crippen molar-refractivity contribution in [3.05, 3.63) is 60.0 Å². The number of pyridine rings is 1. The number of carbonyl (C=O) groups excluding carboxylic acids is 1. The summed E-state index contributed by atoms with van der Waals surface area (Å²) in [5, 5.41) is 11.1. The molecule has 0 radical (unpaired) electrons. The van der Waals surface area contributed by atoms with E-state index in [9.17, 15) is 13.2 Å².